The molecule has 5 rings (SSSR count). The molecule has 8 heteroatoms. The molecular weight excluding hydrogens is 451 g/mol. The maximum atomic E-state index is 13.5. The quantitative estimate of drug-likeness (QED) is 0.639. The summed E-state index contributed by atoms with van der Waals surface area (Å²) in [6, 6.07) is 14.7. The van der Waals surface area contributed by atoms with Crippen molar-refractivity contribution in [2.45, 2.75) is 54.1 Å². The monoisotopic (exact) mass is 482 g/mol. The number of carbonyl (C=O) groups is 1. The lowest BCUT2D eigenvalue weighted by Crippen LogP contribution is -2.42. The number of hydrogen-bond donors (Lipinski definition) is 2. The SMILES string of the molecule is CSC1SC(C(=O)N2CCC(c3cccc(CN)c3)CC2)CC1c1cccc2c1COB2O. The highest BCUT2D eigenvalue weighted by atomic mass is 32.2. The second-order valence-corrected chi connectivity index (χ2v) is 11.8. The molecule has 5 nitrogen and oxygen atoms in total. The molecule has 0 aliphatic carbocycles. The van der Waals surface area contributed by atoms with E-state index < -0.39 is 7.12 Å². The number of hydrogen-bond acceptors (Lipinski definition) is 6. The number of carbonyl (C=O) groups excluding carboxylic acids is 1. The molecule has 2 aromatic rings. The van der Waals surface area contributed by atoms with Gasteiger partial charge in [0.1, 0.15) is 0 Å². The summed E-state index contributed by atoms with van der Waals surface area (Å²) in [5.74, 6) is 1.08. The van der Waals surface area contributed by atoms with E-state index in [9.17, 15) is 9.82 Å². The lowest BCUT2D eigenvalue weighted by molar-refractivity contribution is -0.131. The van der Waals surface area contributed by atoms with Gasteiger partial charge in [-0.3, -0.25) is 4.79 Å². The van der Waals surface area contributed by atoms with Crippen LogP contribution in [0.25, 0.3) is 0 Å². The van der Waals surface area contributed by atoms with Gasteiger partial charge in [-0.05, 0) is 59.2 Å². The smallest absolute Gasteiger partial charge is 0.423 e. The van der Waals surface area contributed by atoms with Gasteiger partial charge in [-0.1, -0.05) is 42.5 Å². The van der Waals surface area contributed by atoms with E-state index in [0.29, 0.717) is 35.5 Å². The van der Waals surface area contributed by atoms with Gasteiger partial charge in [0.2, 0.25) is 5.91 Å². The first-order valence-corrected chi connectivity index (χ1v) is 14.0. The molecule has 0 radical (unpaired) electrons. The highest BCUT2D eigenvalue weighted by Crippen LogP contribution is 2.50. The van der Waals surface area contributed by atoms with Crippen molar-refractivity contribution in [3.05, 3.63) is 64.7 Å². The van der Waals surface area contributed by atoms with Crippen LogP contribution < -0.4 is 11.2 Å². The highest BCUT2D eigenvalue weighted by Gasteiger charge is 2.43. The van der Waals surface area contributed by atoms with Crippen LogP contribution in [0.15, 0.2) is 42.5 Å². The van der Waals surface area contributed by atoms with Crippen LogP contribution in [0.5, 0.6) is 0 Å². The number of piperidine rings is 1. The number of amides is 1. The average Bonchev–Trinajstić information content (AvgIpc) is 3.47. The number of benzene rings is 2. The van der Waals surface area contributed by atoms with Crippen molar-refractivity contribution in [1.82, 2.24) is 4.90 Å². The summed E-state index contributed by atoms with van der Waals surface area (Å²) in [7, 11) is -0.828. The van der Waals surface area contributed by atoms with Crippen molar-refractivity contribution >= 4 is 42.0 Å². The predicted molar refractivity (Wildman–Crippen MR) is 138 cm³/mol. The maximum absolute atomic E-state index is 13.5. The van der Waals surface area contributed by atoms with E-state index in [1.807, 2.05) is 35.7 Å². The molecule has 0 bridgehead atoms. The minimum absolute atomic E-state index is 0.00679. The average molecular weight is 482 g/mol. The number of likely N-dealkylation sites (tertiary alicyclic amines) is 1. The second-order valence-electron chi connectivity index (χ2n) is 9.20. The van der Waals surface area contributed by atoms with Gasteiger partial charge in [-0.2, -0.15) is 11.8 Å². The van der Waals surface area contributed by atoms with Crippen LogP contribution in [-0.2, 0) is 22.6 Å². The van der Waals surface area contributed by atoms with Gasteiger partial charge in [0.05, 0.1) is 16.4 Å². The number of thioether (sulfide) groups is 2. The first kappa shape index (κ1) is 23.3. The lowest BCUT2D eigenvalue weighted by Gasteiger charge is -2.33. The summed E-state index contributed by atoms with van der Waals surface area (Å²) in [4.78, 5) is 15.6. The molecule has 1 amide bonds. The van der Waals surface area contributed by atoms with E-state index in [2.05, 4.69) is 41.5 Å². The van der Waals surface area contributed by atoms with Crippen molar-refractivity contribution < 1.29 is 14.5 Å². The molecule has 3 heterocycles. The second kappa shape index (κ2) is 10.0. The number of nitrogens with two attached hydrogens (primary N) is 1. The molecule has 0 spiro atoms. The van der Waals surface area contributed by atoms with E-state index in [1.165, 1.54) is 16.7 Å². The van der Waals surface area contributed by atoms with Crippen molar-refractivity contribution in [1.29, 1.82) is 0 Å². The Morgan fingerprint density at radius 2 is 2.06 bits per heavy atom. The third-order valence-corrected chi connectivity index (χ3v) is 10.4. The van der Waals surface area contributed by atoms with Crippen LogP contribution in [0, 0.1) is 0 Å². The van der Waals surface area contributed by atoms with Gasteiger partial charge >= 0.3 is 7.12 Å². The minimum Gasteiger partial charge on any atom is -0.423 e. The van der Waals surface area contributed by atoms with Crippen LogP contribution in [0.4, 0.5) is 0 Å². The third kappa shape index (κ3) is 4.60. The molecule has 3 aliphatic rings. The van der Waals surface area contributed by atoms with Gasteiger partial charge in [0, 0.05) is 25.6 Å². The van der Waals surface area contributed by atoms with Crippen LogP contribution in [0.3, 0.4) is 0 Å². The third-order valence-electron chi connectivity index (χ3n) is 7.37. The van der Waals surface area contributed by atoms with Gasteiger partial charge in [-0.25, -0.2) is 0 Å². The Bertz CT molecular complexity index is 1010. The lowest BCUT2D eigenvalue weighted by atomic mass is 9.76. The fraction of sp³-hybridized carbons (Fsp3) is 0.480. The summed E-state index contributed by atoms with van der Waals surface area (Å²) < 4.78 is 5.82. The molecule has 2 fully saturated rings. The maximum Gasteiger partial charge on any atom is 0.491 e. The normalized spacial score (nSPS) is 25.5. The van der Waals surface area contributed by atoms with Crippen molar-refractivity contribution in [2.24, 2.45) is 5.73 Å². The zero-order valence-electron chi connectivity index (χ0n) is 19.0. The molecular formula is C25H31BN2O3S2. The standard InChI is InChI=1S/C25H31BN2O3S2/c1-32-25-20(19-6-3-7-22-21(19)15-31-26(22)30)13-23(33-25)24(29)28-10-8-17(9-11-28)18-5-2-4-16(12-18)14-27/h2-7,12,17,20,23,25,30H,8-11,13-15,27H2,1H3. The topological polar surface area (TPSA) is 75.8 Å². The fourth-order valence-corrected chi connectivity index (χ4v) is 8.33. The summed E-state index contributed by atoms with van der Waals surface area (Å²) in [6.45, 7) is 2.66. The molecule has 3 atom stereocenters. The Hall–Kier alpha value is -1.45. The zero-order chi connectivity index (χ0) is 22.9. The number of rotatable bonds is 5. The Balaban J connectivity index is 1.25. The Labute approximate surface area is 205 Å². The van der Waals surface area contributed by atoms with Crippen molar-refractivity contribution in [2.75, 3.05) is 19.3 Å². The minimum atomic E-state index is -0.828. The Morgan fingerprint density at radius 3 is 2.82 bits per heavy atom. The van der Waals surface area contributed by atoms with E-state index >= 15 is 0 Å². The fourth-order valence-electron chi connectivity index (χ4n) is 5.54. The number of fused-ring (bicyclic) bond motifs is 1. The zero-order valence-corrected chi connectivity index (χ0v) is 20.6. The first-order chi connectivity index (χ1) is 16.1. The van der Waals surface area contributed by atoms with Crippen molar-refractivity contribution in [3.63, 3.8) is 0 Å². The molecule has 0 saturated carbocycles. The van der Waals surface area contributed by atoms with Crippen LogP contribution in [0.2, 0.25) is 0 Å². The van der Waals surface area contributed by atoms with Crippen LogP contribution in [-0.4, -0.2) is 52.1 Å². The summed E-state index contributed by atoms with van der Waals surface area (Å²) in [5, 5.41) is 10.1. The summed E-state index contributed by atoms with van der Waals surface area (Å²) in [5.41, 5.74) is 11.6. The van der Waals surface area contributed by atoms with Crippen LogP contribution >= 0.6 is 23.5 Å². The first-order valence-electron chi connectivity index (χ1n) is 11.8. The molecule has 3 N–H and O–H groups in total. The Kier molecular flexibility index (Phi) is 7.09. The van der Waals surface area contributed by atoms with E-state index in [-0.39, 0.29) is 5.25 Å². The molecule has 33 heavy (non-hydrogen) atoms. The van der Waals surface area contributed by atoms with Gasteiger partial charge in [0.25, 0.3) is 0 Å². The molecule has 3 aliphatic heterocycles. The molecule has 3 unspecified atom stereocenters. The highest BCUT2D eigenvalue weighted by molar-refractivity contribution is 8.17. The van der Waals surface area contributed by atoms with Crippen molar-refractivity contribution in [3.8, 4) is 0 Å². The molecule has 174 valence electrons. The predicted octanol–water partition coefficient (Wildman–Crippen LogP) is 3.05. The van der Waals surface area contributed by atoms with E-state index in [0.717, 1.165) is 43.4 Å². The summed E-state index contributed by atoms with van der Waals surface area (Å²) >= 11 is 3.65. The largest absolute Gasteiger partial charge is 0.491 e. The van der Waals surface area contributed by atoms with Crippen LogP contribution in [0.1, 0.15) is 53.4 Å². The van der Waals surface area contributed by atoms with Gasteiger partial charge in [0.15, 0.2) is 0 Å². The molecule has 2 aromatic carbocycles. The summed E-state index contributed by atoms with van der Waals surface area (Å²) in [6.07, 6.45) is 4.99. The number of nitrogens with zero attached hydrogens (tertiary/aromatic N) is 1. The Morgan fingerprint density at radius 1 is 1.27 bits per heavy atom. The van der Waals surface area contributed by atoms with Gasteiger partial charge in [-0.15, -0.1) is 11.8 Å². The van der Waals surface area contributed by atoms with Gasteiger partial charge < -0.3 is 20.3 Å². The molecule has 2 saturated heterocycles. The van der Waals surface area contributed by atoms with E-state index in [1.54, 1.807) is 0 Å². The molecule has 0 aromatic heterocycles. The van der Waals surface area contributed by atoms with E-state index in [4.69, 9.17) is 10.4 Å².